The molecule has 0 saturated carbocycles. The lowest BCUT2D eigenvalue weighted by atomic mass is 10.1. The van der Waals surface area contributed by atoms with Crippen molar-refractivity contribution in [1.29, 1.82) is 0 Å². The molecule has 124 valence electrons. The number of hydrogen-bond acceptors (Lipinski definition) is 9. The number of aliphatic hydroxyl groups is 2. The van der Waals surface area contributed by atoms with Gasteiger partial charge >= 0.3 is 13.3 Å². The van der Waals surface area contributed by atoms with Crippen LogP contribution in [0.2, 0.25) is 0 Å². The van der Waals surface area contributed by atoms with Gasteiger partial charge in [-0.15, -0.1) is 0 Å². The Morgan fingerprint density at radius 3 is 2.73 bits per heavy atom. The zero-order chi connectivity index (χ0) is 16.5. The van der Waals surface area contributed by atoms with Crippen LogP contribution >= 0.6 is 7.60 Å². The monoisotopic (exact) mass is 337 g/mol. The maximum Gasteiger partial charge on any atom is 0.351 e. The molecule has 11 nitrogen and oxygen atoms in total. The van der Waals surface area contributed by atoms with Crippen molar-refractivity contribution in [3.8, 4) is 0 Å². The summed E-state index contributed by atoms with van der Waals surface area (Å²) in [5.74, 6) is -0.0960. The third-order valence-electron chi connectivity index (χ3n) is 3.03. The van der Waals surface area contributed by atoms with Gasteiger partial charge < -0.3 is 24.4 Å². The summed E-state index contributed by atoms with van der Waals surface area (Å²) in [5, 5.41) is 28.5. The first kappa shape index (κ1) is 17.0. The molecule has 0 amide bonds. The second kappa shape index (κ2) is 6.42. The van der Waals surface area contributed by atoms with Crippen LogP contribution in [-0.2, 0) is 13.8 Å². The van der Waals surface area contributed by atoms with E-state index in [1.165, 1.54) is 12.3 Å². The third kappa shape index (κ3) is 3.70. The standard InChI is InChI=1S/C10H16N3O8P/c1-22(18,19)20-4-5-7(14)8(15)9(21-5)13-3-2-6(12-17)11-10(13)16/h2-3,5,7-9,14-15,17H,4H2,1H3,(H,18,19)(H,11,12,16)/t5?,7-,8-,9?/m1/s1. The van der Waals surface area contributed by atoms with E-state index in [9.17, 15) is 19.6 Å². The van der Waals surface area contributed by atoms with E-state index in [2.05, 4.69) is 9.51 Å². The van der Waals surface area contributed by atoms with E-state index in [1.54, 1.807) is 5.48 Å². The smallest absolute Gasteiger partial charge is 0.351 e. The maximum atomic E-state index is 11.8. The molecule has 0 spiro atoms. The molecule has 0 aromatic carbocycles. The predicted molar refractivity (Wildman–Crippen MR) is 71.5 cm³/mol. The fourth-order valence-corrected chi connectivity index (χ4v) is 2.40. The first-order chi connectivity index (χ1) is 10.2. The summed E-state index contributed by atoms with van der Waals surface area (Å²) in [6.07, 6.45) is -4.02. The van der Waals surface area contributed by atoms with Crippen molar-refractivity contribution in [2.45, 2.75) is 24.5 Å². The zero-order valence-corrected chi connectivity index (χ0v) is 12.3. The van der Waals surface area contributed by atoms with Crippen molar-refractivity contribution in [3.63, 3.8) is 0 Å². The molecule has 12 heteroatoms. The van der Waals surface area contributed by atoms with Crippen molar-refractivity contribution in [1.82, 2.24) is 9.55 Å². The molecular weight excluding hydrogens is 321 g/mol. The van der Waals surface area contributed by atoms with Crippen LogP contribution in [0, 0.1) is 0 Å². The number of ether oxygens (including phenoxy) is 1. The number of aliphatic hydroxyl groups excluding tert-OH is 2. The summed E-state index contributed by atoms with van der Waals surface area (Å²) in [7, 11) is -3.77. The number of rotatable bonds is 5. The van der Waals surface area contributed by atoms with Crippen molar-refractivity contribution in [2.75, 3.05) is 18.8 Å². The van der Waals surface area contributed by atoms with Crippen molar-refractivity contribution in [2.24, 2.45) is 0 Å². The maximum absolute atomic E-state index is 11.8. The summed E-state index contributed by atoms with van der Waals surface area (Å²) >= 11 is 0. The molecule has 3 unspecified atom stereocenters. The molecular formula is C10H16N3O8P. The fourth-order valence-electron chi connectivity index (χ4n) is 1.98. The average Bonchev–Trinajstić information content (AvgIpc) is 2.72. The SMILES string of the molecule is CP(=O)(O)OCC1OC(n2ccc(NO)nc2=O)[C@H](O)[C@@H]1O. The summed E-state index contributed by atoms with van der Waals surface area (Å²) in [6.45, 7) is 0.536. The molecule has 5 N–H and O–H groups in total. The quantitative estimate of drug-likeness (QED) is 0.315. The molecule has 5 atom stereocenters. The van der Waals surface area contributed by atoms with Crippen LogP contribution in [-0.4, -0.2) is 61.4 Å². The Labute approximate surface area is 124 Å². The molecule has 1 saturated heterocycles. The molecule has 2 heterocycles. The van der Waals surface area contributed by atoms with E-state index in [0.29, 0.717) is 0 Å². The number of hydrogen-bond donors (Lipinski definition) is 5. The van der Waals surface area contributed by atoms with Gasteiger partial charge in [0, 0.05) is 12.9 Å². The van der Waals surface area contributed by atoms with Crippen molar-refractivity contribution in [3.05, 3.63) is 22.7 Å². The lowest BCUT2D eigenvalue weighted by Gasteiger charge is -2.17. The van der Waals surface area contributed by atoms with Gasteiger partial charge in [-0.1, -0.05) is 0 Å². The van der Waals surface area contributed by atoms with Crippen LogP contribution in [0.4, 0.5) is 5.82 Å². The molecule has 1 aliphatic heterocycles. The minimum Gasteiger partial charge on any atom is -0.387 e. The van der Waals surface area contributed by atoms with Gasteiger partial charge in [0.15, 0.2) is 12.0 Å². The van der Waals surface area contributed by atoms with E-state index in [-0.39, 0.29) is 5.82 Å². The first-order valence-electron chi connectivity index (χ1n) is 6.18. The molecule has 0 aliphatic carbocycles. The Balaban J connectivity index is 2.16. The Morgan fingerprint density at radius 2 is 2.18 bits per heavy atom. The minimum atomic E-state index is -3.77. The van der Waals surface area contributed by atoms with Crippen LogP contribution < -0.4 is 11.2 Å². The van der Waals surface area contributed by atoms with Gasteiger partial charge in [-0.05, 0) is 6.07 Å². The number of anilines is 1. The van der Waals surface area contributed by atoms with Gasteiger partial charge in [-0.2, -0.15) is 4.98 Å². The first-order valence-corrected chi connectivity index (χ1v) is 8.21. The van der Waals surface area contributed by atoms with Gasteiger partial charge in [0.05, 0.1) is 6.61 Å². The second-order valence-corrected chi connectivity index (χ2v) is 6.62. The summed E-state index contributed by atoms with van der Waals surface area (Å²) < 4.78 is 21.9. The largest absolute Gasteiger partial charge is 0.387 e. The van der Waals surface area contributed by atoms with Crippen LogP contribution in [0.3, 0.4) is 0 Å². The normalized spacial score (nSPS) is 31.0. The molecule has 1 fully saturated rings. The highest BCUT2D eigenvalue weighted by Crippen LogP contribution is 2.38. The van der Waals surface area contributed by atoms with Crippen LogP contribution in [0.5, 0.6) is 0 Å². The second-order valence-electron chi connectivity index (χ2n) is 4.76. The molecule has 1 aromatic rings. The molecule has 0 bridgehead atoms. The van der Waals surface area contributed by atoms with E-state index >= 15 is 0 Å². The van der Waals surface area contributed by atoms with E-state index < -0.39 is 44.4 Å². The van der Waals surface area contributed by atoms with Gasteiger partial charge in [0.1, 0.15) is 18.3 Å². The van der Waals surface area contributed by atoms with Gasteiger partial charge in [-0.25, -0.2) is 4.79 Å². The lowest BCUT2D eigenvalue weighted by Crippen LogP contribution is -2.36. The predicted octanol–water partition coefficient (Wildman–Crippen LogP) is -1.50. The molecule has 1 aliphatic rings. The summed E-state index contributed by atoms with van der Waals surface area (Å²) in [6, 6.07) is 1.25. The van der Waals surface area contributed by atoms with Crippen LogP contribution in [0.15, 0.2) is 17.1 Å². The number of nitrogens with one attached hydrogen (secondary N) is 1. The number of aromatic nitrogens is 2. The van der Waals surface area contributed by atoms with E-state index in [4.69, 9.17) is 14.8 Å². The van der Waals surface area contributed by atoms with Gasteiger partial charge in [-0.3, -0.25) is 19.8 Å². The Kier molecular flexibility index (Phi) is 4.97. The molecule has 22 heavy (non-hydrogen) atoms. The molecule has 0 radical (unpaired) electrons. The number of nitrogens with zero attached hydrogens (tertiary/aromatic N) is 2. The third-order valence-corrected chi connectivity index (χ3v) is 3.66. The molecule has 2 rings (SSSR count). The Morgan fingerprint density at radius 1 is 1.50 bits per heavy atom. The summed E-state index contributed by atoms with van der Waals surface area (Å²) in [5.41, 5.74) is 0.862. The van der Waals surface area contributed by atoms with Gasteiger partial charge in [0.2, 0.25) is 0 Å². The minimum absolute atomic E-state index is 0.0960. The van der Waals surface area contributed by atoms with Crippen LogP contribution in [0.25, 0.3) is 0 Å². The highest BCUT2D eigenvalue weighted by Gasteiger charge is 2.44. The Hall–Kier alpha value is -1.33. The topological polar surface area (TPSA) is 163 Å². The van der Waals surface area contributed by atoms with E-state index in [0.717, 1.165) is 11.2 Å². The van der Waals surface area contributed by atoms with Crippen LogP contribution in [0.1, 0.15) is 6.23 Å². The lowest BCUT2D eigenvalue weighted by molar-refractivity contribution is -0.0523. The van der Waals surface area contributed by atoms with Gasteiger partial charge in [0.25, 0.3) is 0 Å². The Bertz CT molecular complexity index is 631. The van der Waals surface area contributed by atoms with E-state index in [1.807, 2.05) is 0 Å². The fraction of sp³-hybridized carbons (Fsp3) is 0.600. The summed E-state index contributed by atoms with van der Waals surface area (Å²) in [4.78, 5) is 24.3. The zero-order valence-electron chi connectivity index (χ0n) is 11.4. The van der Waals surface area contributed by atoms with Crippen molar-refractivity contribution < 1.29 is 34.1 Å². The highest BCUT2D eigenvalue weighted by atomic mass is 31.2. The van der Waals surface area contributed by atoms with Crippen molar-refractivity contribution >= 4 is 13.4 Å². The highest BCUT2D eigenvalue weighted by molar-refractivity contribution is 7.51. The molecule has 1 aromatic heterocycles. The average molecular weight is 337 g/mol.